The Kier molecular flexibility index (Phi) is 3.99. The zero-order valence-corrected chi connectivity index (χ0v) is 11.2. The Bertz CT molecular complexity index is 625. The van der Waals surface area contributed by atoms with Gasteiger partial charge in [-0.3, -0.25) is 19.4 Å². The van der Waals surface area contributed by atoms with Crippen molar-refractivity contribution >= 4 is 12.0 Å². The van der Waals surface area contributed by atoms with Crippen LogP contribution in [-0.2, 0) is 14.1 Å². The monoisotopic (exact) mass is 262 g/mol. The highest BCUT2D eigenvalue weighted by Gasteiger charge is 2.07. The molecule has 6 heteroatoms. The third kappa shape index (κ3) is 3.01. The van der Waals surface area contributed by atoms with E-state index >= 15 is 0 Å². The van der Waals surface area contributed by atoms with E-state index in [0.29, 0.717) is 11.7 Å². The minimum absolute atomic E-state index is 0.346. The van der Waals surface area contributed by atoms with E-state index in [1.54, 1.807) is 7.05 Å². The minimum Gasteiger partial charge on any atom is -0.281 e. The highest BCUT2D eigenvalue weighted by molar-refractivity contribution is 5.62. The normalized spacial score (nSPS) is 18.9. The van der Waals surface area contributed by atoms with E-state index in [0.717, 1.165) is 23.8 Å². The van der Waals surface area contributed by atoms with E-state index in [2.05, 4.69) is 22.7 Å². The summed E-state index contributed by atoms with van der Waals surface area (Å²) in [5.74, 6) is 0.816. The van der Waals surface area contributed by atoms with Crippen LogP contribution >= 0.6 is 0 Å². The third-order valence-corrected chi connectivity index (χ3v) is 3.30. The summed E-state index contributed by atoms with van der Waals surface area (Å²) in [6.45, 7) is 0. The fourth-order valence-electron chi connectivity index (χ4n) is 2.00. The molecule has 0 bridgehead atoms. The quantitative estimate of drug-likeness (QED) is 0.498. The maximum Gasteiger partial charge on any atom is 0.332 e. The Balaban J connectivity index is 2.12. The molecular formula is C13H18N4O2. The number of hydrazone groups is 1. The third-order valence-electron chi connectivity index (χ3n) is 3.30. The van der Waals surface area contributed by atoms with E-state index in [-0.39, 0.29) is 11.2 Å². The van der Waals surface area contributed by atoms with Crippen molar-refractivity contribution in [3.63, 3.8) is 0 Å². The molecule has 0 amide bonds. The fraction of sp³-hybridized carbons (Fsp3) is 0.462. The smallest absolute Gasteiger partial charge is 0.281 e. The number of hydrogen-bond donors (Lipinski definition) is 1. The summed E-state index contributed by atoms with van der Waals surface area (Å²) >= 11 is 0. The van der Waals surface area contributed by atoms with Crippen molar-refractivity contribution in [2.75, 3.05) is 5.43 Å². The van der Waals surface area contributed by atoms with Gasteiger partial charge in [0.1, 0.15) is 5.82 Å². The molecule has 1 heterocycles. The Labute approximate surface area is 111 Å². The Morgan fingerprint density at radius 2 is 2.11 bits per heavy atom. The highest BCUT2D eigenvalue weighted by Crippen LogP contribution is 2.15. The number of nitrogens with one attached hydrogen (secondary N) is 1. The molecule has 2 rings (SSSR count). The molecular weight excluding hydrogens is 244 g/mol. The second-order valence-electron chi connectivity index (χ2n) is 4.70. The summed E-state index contributed by atoms with van der Waals surface area (Å²) in [5.41, 5.74) is 2.05. The van der Waals surface area contributed by atoms with Crippen LogP contribution in [-0.4, -0.2) is 15.3 Å². The van der Waals surface area contributed by atoms with Crippen LogP contribution in [0.5, 0.6) is 0 Å². The molecule has 1 aliphatic carbocycles. The van der Waals surface area contributed by atoms with Crippen molar-refractivity contribution < 1.29 is 0 Å². The second-order valence-corrected chi connectivity index (χ2v) is 4.70. The molecule has 0 radical (unpaired) electrons. The van der Waals surface area contributed by atoms with Gasteiger partial charge in [-0.1, -0.05) is 12.2 Å². The van der Waals surface area contributed by atoms with Crippen LogP contribution in [0, 0.1) is 5.92 Å². The summed E-state index contributed by atoms with van der Waals surface area (Å²) in [6, 6.07) is 1.36. The molecule has 0 spiro atoms. The molecule has 6 nitrogen and oxygen atoms in total. The molecule has 0 aliphatic heterocycles. The van der Waals surface area contributed by atoms with Gasteiger partial charge in [-0.15, -0.1) is 0 Å². The van der Waals surface area contributed by atoms with Gasteiger partial charge in [-0.25, -0.2) is 4.79 Å². The molecule has 0 fully saturated rings. The van der Waals surface area contributed by atoms with Gasteiger partial charge >= 0.3 is 5.69 Å². The lowest BCUT2D eigenvalue weighted by molar-refractivity contribution is 0.626. The van der Waals surface area contributed by atoms with E-state index in [4.69, 9.17) is 0 Å². The van der Waals surface area contributed by atoms with Crippen LogP contribution in [0.1, 0.15) is 19.3 Å². The van der Waals surface area contributed by atoms with Crippen molar-refractivity contribution in [3.8, 4) is 0 Å². The van der Waals surface area contributed by atoms with Crippen LogP contribution in [0.15, 0.2) is 32.9 Å². The topological polar surface area (TPSA) is 68.4 Å². The fourth-order valence-corrected chi connectivity index (χ4v) is 2.00. The van der Waals surface area contributed by atoms with Gasteiger partial charge in [0.2, 0.25) is 0 Å². The van der Waals surface area contributed by atoms with Gasteiger partial charge in [-0.2, -0.15) is 5.10 Å². The lowest BCUT2D eigenvalue weighted by Crippen LogP contribution is -2.37. The summed E-state index contributed by atoms with van der Waals surface area (Å²) in [7, 11) is 3.05. The first-order valence-corrected chi connectivity index (χ1v) is 6.31. The van der Waals surface area contributed by atoms with E-state index < -0.39 is 0 Å². The average molecular weight is 262 g/mol. The summed E-state index contributed by atoms with van der Waals surface area (Å²) in [4.78, 5) is 23.2. The van der Waals surface area contributed by atoms with E-state index in [1.807, 2.05) is 6.21 Å². The second kappa shape index (κ2) is 5.69. The Morgan fingerprint density at radius 1 is 1.32 bits per heavy atom. The summed E-state index contributed by atoms with van der Waals surface area (Å²) < 4.78 is 2.42. The molecule has 1 aromatic heterocycles. The van der Waals surface area contributed by atoms with Crippen LogP contribution in [0.2, 0.25) is 0 Å². The molecule has 1 N–H and O–H groups in total. The Morgan fingerprint density at radius 3 is 2.79 bits per heavy atom. The molecule has 0 saturated carbocycles. The van der Waals surface area contributed by atoms with Crippen molar-refractivity contribution in [2.24, 2.45) is 25.1 Å². The van der Waals surface area contributed by atoms with Crippen molar-refractivity contribution in [1.82, 2.24) is 9.13 Å². The summed E-state index contributed by atoms with van der Waals surface area (Å²) in [5, 5.41) is 4.12. The number of rotatable bonds is 3. The predicted octanol–water partition coefficient (Wildman–Crippen LogP) is 0.838. The van der Waals surface area contributed by atoms with Crippen molar-refractivity contribution in [3.05, 3.63) is 39.1 Å². The predicted molar refractivity (Wildman–Crippen MR) is 75.5 cm³/mol. The Hall–Kier alpha value is -2.11. The number of nitrogens with zero attached hydrogens (tertiary/aromatic N) is 3. The highest BCUT2D eigenvalue weighted by atomic mass is 16.2. The average Bonchev–Trinajstić information content (AvgIpc) is 2.43. The number of allylic oxidation sites excluding steroid dienone is 2. The van der Waals surface area contributed by atoms with E-state index in [9.17, 15) is 9.59 Å². The molecule has 0 aromatic carbocycles. The molecule has 0 saturated heterocycles. The standard InChI is InChI=1S/C13H18N4O2/c1-16-11(8-12(18)17(2)13(16)19)15-14-9-10-6-4-3-5-7-10/h3-4,8-10,15H,5-7H2,1-2H3. The van der Waals surface area contributed by atoms with Gasteiger partial charge < -0.3 is 0 Å². The first kappa shape index (κ1) is 13.3. The summed E-state index contributed by atoms with van der Waals surface area (Å²) in [6.07, 6.45) is 9.29. The van der Waals surface area contributed by atoms with Crippen LogP contribution in [0.3, 0.4) is 0 Å². The number of aromatic nitrogens is 2. The van der Waals surface area contributed by atoms with Crippen LogP contribution in [0.25, 0.3) is 0 Å². The van der Waals surface area contributed by atoms with Crippen LogP contribution < -0.4 is 16.7 Å². The van der Waals surface area contributed by atoms with Gasteiger partial charge in [0, 0.05) is 26.4 Å². The zero-order valence-electron chi connectivity index (χ0n) is 11.2. The van der Waals surface area contributed by atoms with Gasteiger partial charge in [-0.05, 0) is 25.2 Å². The van der Waals surface area contributed by atoms with Crippen molar-refractivity contribution in [2.45, 2.75) is 19.3 Å². The first-order chi connectivity index (χ1) is 9.09. The molecule has 1 aliphatic rings. The SMILES string of the molecule is Cn1c(NN=CC2CC=CCC2)cc(=O)n(C)c1=O. The van der Waals surface area contributed by atoms with Gasteiger partial charge in [0.05, 0.1) is 0 Å². The van der Waals surface area contributed by atoms with Gasteiger partial charge in [0.15, 0.2) is 0 Å². The van der Waals surface area contributed by atoms with Crippen molar-refractivity contribution in [1.29, 1.82) is 0 Å². The number of anilines is 1. The molecule has 102 valence electrons. The molecule has 19 heavy (non-hydrogen) atoms. The van der Waals surface area contributed by atoms with Crippen LogP contribution in [0.4, 0.5) is 5.82 Å². The maximum absolute atomic E-state index is 11.7. The number of hydrogen-bond acceptors (Lipinski definition) is 4. The van der Waals surface area contributed by atoms with E-state index in [1.165, 1.54) is 17.7 Å². The maximum atomic E-state index is 11.7. The lowest BCUT2D eigenvalue weighted by Gasteiger charge is -2.12. The molecule has 1 aromatic rings. The molecule has 1 unspecified atom stereocenters. The minimum atomic E-state index is -0.370. The zero-order chi connectivity index (χ0) is 13.8. The molecule has 1 atom stereocenters. The largest absolute Gasteiger partial charge is 0.332 e. The lowest BCUT2D eigenvalue weighted by atomic mass is 9.96. The van der Waals surface area contributed by atoms with Gasteiger partial charge in [0.25, 0.3) is 5.56 Å². The first-order valence-electron chi connectivity index (χ1n) is 6.31.